The SMILES string of the molecule is C[C](C)C=CCC[Si](C)(C)C. The van der Waals surface area contributed by atoms with Crippen LogP contribution in [0, 0.1) is 5.92 Å². The van der Waals surface area contributed by atoms with E-state index < -0.39 is 8.07 Å². The van der Waals surface area contributed by atoms with Crippen LogP contribution in [0.15, 0.2) is 12.2 Å². The van der Waals surface area contributed by atoms with Gasteiger partial charge in [-0.1, -0.05) is 51.7 Å². The second-order valence-corrected chi connectivity index (χ2v) is 10.2. The van der Waals surface area contributed by atoms with Crippen molar-refractivity contribution in [1.29, 1.82) is 0 Å². The molecular formula is C10H21Si. The van der Waals surface area contributed by atoms with Crippen molar-refractivity contribution >= 4 is 8.07 Å². The molecule has 1 radical (unpaired) electrons. The largest absolute Gasteiger partial charge is 0.0882 e. The molecule has 0 rings (SSSR count). The summed E-state index contributed by atoms with van der Waals surface area (Å²) < 4.78 is 0. The van der Waals surface area contributed by atoms with Gasteiger partial charge in [-0.3, -0.25) is 0 Å². The van der Waals surface area contributed by atoms with Gasteiger partial charge in [0.15, 0.2) is 0 Å². The summed E-state index contributed by atoms with van der Waals surface area (Å²) in [5.74, 6) is 1.40. The first-order valence-corrected chi connectivity index (χ1v) is 8.09. The molecule has 0 atom stereocenters. The average molecular weight is 169 g/mol. The van der Waals surface area contributed by atoms with Crippen LogP contribution in [-0.2, 0) is 0 Å². The van der Waals surface area contributed by atoms with Crippen LogP contribution in [0.5, 0.6) is 0 Å². The Balaban J connectivity index is 3.42. The summed E-state index contributed by atoms with van der Waals surface area (Å²) in [5, 5.41) is 0. The predicted octanol–water partition coefficient (Wildman–Crippen LogP) is 3.89. The molecule has 0 aliphatic rings. The van der Waals surface area contributed by atoms with Gasteiger partial charge in [0.2, 0.25) is 0 Å². The van der Waals surface area contributed by atoms with Gasteiger partial charge < -0.3 is 0 Å². The Morgan fingerprint density at radius 2 is 1.73 bits per heavy atom. The van der Waals surface area contributed by atoms with Crippen LogP contribution in [0.1, 0.15) is 20.3 Å². The second kappa shape index (κ2) is 4.76. The maximum Gasteiger partial charge on any atom is 0.0445 e. The quantitative estimate of drug-likeness (QED) is 0.560. The minimum Gasteiger partial charge on any atom is -0.0882 e. The van der Waals surface area contributed by atoms with E-state index in [2.05, 4.69) is 45.6 Å². The van der Waals surface area contributed by atoms with E-state index in [1.165, 1.54) is 18.4 Å². The van der Waals surface area contributed by atoms with Gasteiger partial charge in [0.1, 0.15) is 0 Å². The Morgan fingerprint density at radius 3 is 2.09 bits per heavy atom. The normalized spacial score (nSPS) is 13.3. The fraction of sp³-hybridized carbons (Fsp3) is 0.700. The average Bonchev–Trinajstić information content (AvgIpc) is 1.78. The summed E-state index contributed by atoms with van der Waals surface area (Å²) in [6, 6.07) is 1.41. The fourth-order valence-corrected chi connectivity index (χ4v) is 1.87. The summed E-state index contributed by atoms with van der Waals surface area (Å²) >= 11 is 0. The van der Waals surface area contributed by atoms with Gasteiger partial charge in [-0.05, 0) is 12.3 Å². The maximum atomic E-state index is 2.42. The molecule has 0 heterocycles. The molecule has 0 aromatic rings. The Kier molecular flexibility index (Phi) is 4.74. The lowest BCUT2D eigenvalue weighted by atomic mass is 10.2. The van der Waals surface area contributed by atoms with Crippen molar-refractivity contribution in [3.63, 3.8) is 0 Å². The third-order valence-corrected chi connectivity index (χ3v) is 3.30. The lowest BCUT2D eigenvalue weighted by Crippen LogP contribution is -2.18. The van der Waals surface area contributed by atoms with Gasteiger partial charge in [-0.2, -0.15) is 0 Å². The zero-order valence-corrected chi connectivity index (χ0v) is 9.57. The van der Waals surface area contributed by atoms with E-state index >= 15 is 0 Å². The third kappa shape index (κ3) is 9.96. The van der Waals surface area contributed by atoms with Crippen molar-refractivity contribution < 1.29 is 0 Å². The molecule has 11 heavy (non-hydrogen) atoms. The van der Waals surface area contributed by atoms with Gasteiger partial charge in [-0.15, -0.1) is 0 Å². The van der Waals surface area contributed by atoms with E-state index in [0.717, 1.165) is 0 Å². The van der Waals surface area contributed by atoms with Crippen molar-refractivity contribution in [3.05, 3.63) is 18.1 Å². The summed E-state index contributed by atoms with van der Waals surface area (Å²) in [5.41, 5.74) is 0. The number of hydrogen-bond acceptors (Lipinski definition) is 0. The minimum absolute atomic E-state index is 0.790. The smallest absolute Gasteiger partial charge is 0.0445 e. The molecule has 0 aliphatic carbocycles. The molecule has 1 heteroatoms. The molecule has 0 saturated heterocycles. The molecule has 0 N–H and O–H groups in total. The van der Waals surface area contributed by atoms with Crippen molar-refractivity contribution in [2.75, 3.05) is 0 Å². The fourth-order valence-electron chi connectivity index (χ4n) is 0.835. The van der Waals surface area contributed by atoms with Crippen LogP contribution < -0.4 is 0 Å². The number of allylic oxidation sites excluding steroid dienone is 2. The van der Waals surface area contributed by atoms with E-state index in [-0.39, 0.29) is 0 Å². The second-order valence-electron chi connectivity index (χ2n) is 4.58. The Morgan fingerprint density at radius 1 is 1.18 bits per heavy atom. The highest BCUT2D eigenvalue weighted by Crippen LogP contribution is 2.11. The van der Waals surface area contributed by atoms with Crippen molar-refractivity contribution in [2.24, 2.45) is 0 Å². The zero-order chi connectivity index (χ0) is 8.91. The highest BCUT2D eigenvalue weighted by Gasteiger charge is 2.10. The molecular weight excluding hydrogens is 148 g/mol. The van der Waals surface area contributed by atoms with Gasteiger partial charge in [0, 0.05) is 8.07 Å². The van der Waals surface area contributed by atoms with Crippen LogP contribution in [0.3, 0.4) is 0 Å². The van der Waals surface area contributed by atoms with E-state index in [4.69, 9.17) is 0 Å². The van der Waals surface area contributed by atoms with Crippen LogP contribution in [-0.4, -0.2) is 8.07 Å². The zero-order valence-electron chi connectivity index (χ0n) is 8.57. The first kappa shape index (κ1) is 11.0. The molecule has 0 unspecified atom stereocenters. The lowest BCUT2D eigenvalue weighted by molar-refractivity contribution is 1.12. The number of hydrogen-bond donors (Lipinski definition) is 0. The Labute approximate surface area is 72.7 Å². The topological polar surface area (TPSA) is 0 Å². The standard InChI is InChI=1S/C10H21Si/c1-10(2)8-6-7-9-11(3,4)5/h6,8H,7,9H2,1-5H3. The predicted molar refractivity (Wildman–Crippen MR) is 56.5 cm³/mol. The molecule has 0 amide bonds. The summed E-state index contributed by atoms with van der Waals surface area (Å²) in [7, 11) is -0.790. The summed E-state index contributed by atoms with van der Waals surface area (Å²) in [6.45, 7) is 11.5. The van der Waals surface area contributed by atoms with Crippen molar-refractivity contribution in [1.82, 2.24) is 0 Å². The highest BCUT2D eigenvalue weighted by molar-refractivity contribution is 6.76. The first-order valence-electron chi connectivity index (χ1n) is 4.38. The lowest BCUT2D eigenvalue weighted by Gasteiger charge is -2.13. The monoisotopic (exact) mass is 169 g/mol. The molecule has 0 fully saturated rings. The molecule has 0 spiro atoms. The molecule has 0 aromatic carbocycles. The van der Waals surface area contributed by atoms with E-state index in [1.54, 1.807) is 0 Å². The van der Waals surface area contributed by atoms with Crippen molar-refractivity contribution in [3.8, 4) is 0 Å². The van der Waals surface area contributed by atoms with Crippen molar-refractivity contribution in [2.45, 2.75) is 46.0 Å². The van der Waals surface area contributed by atoms with Gasteiger partial charge >= 0.3 is 0 Å². The Bertz CT molecular complexity index is 117. The maximum absolute atomic E-state index is 2.42. The van der Waals surface area contributed by atoms with E-state index in [0.29, 0.717) is 0 Å². The van der Waals surface area contributed by atoms with Crippen LogP contribution in [0.2, 0.25) is 25.7 Å². The molecule has 0 bridgehead atoms. The third-order valence-electron chi connectivity index (χ3n) is 1.51. The minimum atomic E-state index is -0.790. The van der Waals surface area contributed by atoms with E-state index in [1.807, 2.05) is 0 Å². The molecule has 0 nitrogen and oxygen atoms in total. The van der Waals surface area contributed by atoms with Gasteiger partial charge in [0.05, 0.1) is 0 Å². The van der Waals surface area contributed by atoms with Crippen LogP contribution in [0.25, 0.3) is 0 Å². The van der Waals surface area contributed by atoms with Gasteiger partial charge in [-0.25, -0.2) is 0 Å². The highest BCUT2D eigenvalue weighted by atomic mass is 28.3. The summed E-state index contributed by atoms with van der Waals surface area (Å²) in [6.07, 6.45) is 5.79. The molecule has 0 aromatic heterocycles. The van der Waals surface area contributed by atoms with Crippen LogP contribution >= 0.6 is 0 Å². The Hall–Kier alpha value is -0.0431. The summed E-state index contributed by atoms with van der Waals surface area (Å²) in [4.78, 5) is 0. The van der Waals surface area contributed by atoms with Crippen LogP contribution in [0.4, 0.5) is 0 Å². The first-order chi connectivity index (χ1) is 4.92. The van der Waals surface area contributed by atoms with Gasteiger partial charge in [0.25, 0.3) is 0 Å². The molecule has 0 saturated carbocycles. The van der Waals surface area contributed by atoms with E-state index in [9.17, 15) is 0 Å². The number of rotatable bonds is 4. The molecule has 0 aliphatic heterocycles. The molecule has 65 valence electrons.